The second-order valence-corrected chi connectivity index (χ2v) is 5.56. The number of hydrogen-bond acceptors (Lipinski definition) is 2. The molecule has 0 radical (unpaired) electrons. The van der Waals surface area contributed by atoms with Crippen molar-refractivity contribution in [2.75, 3.05) is 13.1 Å². The van der Waals surface area contributed by atoms with Crippen LogP contribution in [0.15, 0.2) is 29.2 Å². The summed E-state index contributed by atoms with van der Waals surface area (Å²) in [7, 11) is 0. The molecule has 1 heterocycles. The van der Waals surface area contributed by atoms with E-state index in [4.69, 9.17) is 0 Å². The zero-order chi connectivity index (χ0) is 12.4. The molecule has 0 bridgehead atoms. The van der Waals surface area contributed by atoms with Crippen molar-refractivity contribution in [2.24, 2.45) is 11.8 Å². The van der Waals surface area contributed by atoms with Crippen molar-refractivity contribution >= 4 is 18.5 Å². The lowest BCUT2D eigenvalue weighted by molar-refractivity contribution is 0.0627. The van der Waals surface area contributed by atoms with Crippen molar-refractivity contribution in [3.8, 4) is 0 Å². The van der Waals surface area contributed by atoms with Gasteiger partial charge in [0.05, 0.1) is 0 Å². The Hall–Kier alpha value is -0.960. The molecule has 0 spiro atoms. The molecule has 1 fully saturated rings. The van der Waals surface area contributed by atoms with Crippen LogP contribution in [0.5, 0.6) is 0 Å². The number of hydrogen-bond donors (Lipinski definition) is 1. The maximum atomic E-state index is 12.3. The third-order valence-electron chi connectivity index (χ3n) is 3.71. The third-order valence-corrected chi connectivity index (χ3v) is 3.99. The summed E-state index contributed by atoms with van der Waals surface area (Å²) >= 11 is 4.27. The van der Waals surface area contributed by atoms with E-state index in [2.05, 4.69) is 26.5 Å². The predicted octanol–water partition coefficient (Wildman–Crippen LogP) is 3.09. The Morgan fingerprint density at radius 1 is 1.35 bits per heavy atom. The molecular formula is C14H19NOS. The van der Waals surface area contributed by atoms with Gasteiger partial charge in [0.1, 0.15) is 0 Å². The molecule has 1 aliphatic heterocycles. The molecule has 92 valence electrons. The fourth-order valence-electron chi connectivity index (χ4n) is 2.27. The summed E-state index contributed by atoms with van der Waals surface area (Å²) in [5.74, 6) is 1.45. The van der Waals surface area contributed by atoms with Crippen molar-refractivity contribution in [3.63, 3.8) is 0 Å². The van der Waals surface area contributed by atoms with Crippen molar-refractivity contribution in [1.82, 2.24) is 4.90 Å². The summed E-state index contributed by atoms with van der Waals surface area (Å²) in [5, 5.41) is 0. The lowest BCUT2D eigenvalue weighted by atomic mass is 9.88. The van der Waals surface area contributed by atoms with Crippen LogP contribution in [0.2, 0.25) is 0 Å². The Morgan fingerprint density at radius 3 is 2.76 bits per heavy atom. The first-order valence-electron chi connectivity index (χ1n) is 6.16. The minimum absolute atomic E-state index is 0.139. The first kappa shape index (κ1) is 12.5. The Morgan fingerprint density at radius 2 is 2.12 bits per heavy atom. The van der Waals surface area contributed by atoms with Crippen molar-refractivity contribution in [3.05, 3.63) is 29.8 Å². The number of rotatable bonds is 1. The normalized spacial score (nSPS) is 24.8. The van der Waals surface area contributed by atoms with E-state index in [1.165, 1.54) is 0 Å². The molecule has 17 heavy (non-hydrogen) atoms. The molecule has 0 aromatic heterocycles. The van der Waals surface area contributed by atoms with Crippen LogP contribution in [0, 0.1) is 11.8 Å². The largest absolute Gasteiger partial charge is 0.338 e. The Bertz CT molecular complexity index is 418. The lowest BCUT2D eigenvalue weighted by Crippen LogP contribution is -2.42. The molecular weight excluding hydrogens is 230 g/mol. The third kappa shape index (κ3) is 2.83. The van der Waals surface area contributed by atoms with Gasteiger partial charge in [-0.25, -0.2) is 0 Å². The van der Waals surface area contributed by atoms with Gasteiger partial charge in [-0.15, -0.1) is 12.6 Å². The second-order valence-electron chi connectivity index (χ2n) is 5.04. The maximum absolute atomic E-state index is 12.3. The minimum atomic E-state index is 0.139. The predicted molar refractivity (Wildman–Crippen MR) is 72.5 cm³/mol. The van der Waals surface area contributed by atoms with Gasteiger partial charge in [-0.2, -0.15) is 0 Å². The highest BCUT2D eigenvalue weighted by atomic mass is 32.1. The second kappa shape index (κ2) is 5.13. The van der Waals surface area contributed by atoms with Gasteiger partial charge in [0.2, 0.25) is 0 Å². The van der Waals surface area contributed by atoms with Gasteiger partial charge < -0.3 is 4.90 Å². The smallest absolute Gasteiger partial charge is 0.253 e. The van der Waals surface area contributed by atoms with Crippen LogP contribution in [0.1, 0.15) is 30.6 Å². The Kier molecular flexibility index (Phi) is 3.77. The van der Waals surface area contributed by atoms with E-state index < -0.39 is 0 Å². The molecule has 3 heteroatoms. The number of nitrogens with zero attached hydrogens (tertiary/aromatic N) is 1. The van der Waals surface area contributed by atoms with E-state index in [1.54, 1.807) is 0 Å². The number of benzene rings is 1. The van der Waals surface area contributed by atoms with Crippen LogP contribution in [0.3, 0.4) is 0 Å². The van der Waals surface area contributed by atoms with E-state index in [1.807, 2.05) is 29.2 Å². The molecule has 1 amide bonds. The maximum Gasteiger partial charge on any atom is 0.253 e. The summed E-state index contributed by atoms with van der Waals surface area (Å²) < 4.78 is 0. The molecule has 0 aliphatic carbocycles. The first-order chi connectivity index (χ1) is 8.08. The van der Waals surface area contributed by atoms with Crippen molar-refractivity contribution < 1.29 is 4.79 Å². The molecule has 2 atom stereocenters. The van der Waals surface area contributed by atoms with Crippen LogP contribution in [0.4, 0.5) is 0 Å². The number of piperidine rings is 1. The number of carbonyl (C=O) groups excluding carboxylic acids is 1. The fraction of sp³-hybridized carbons (Fsp3) is 0.500. The molecule has 1 aromatic rings. The van der Waals surface area contributed by atoms with Crippen LogP contribution in [-0.2, 0) is 0 Å². The van der Waals surface area contributed by atoms with Crippen LogP contribution < -0.4 is 0 Å². The van der Waals surface area contributed by atoms with E-state index in [0.717, 1.165) is 35.9 Å². The zero-order valence-corrected chi connectivity index (χ0v) is 11.3. The van der Waals surface area contributed by atoms with Gasteiger partial charge in [-0.3, -0.25) is 4.79 Å². The molecule has 2 unspecified atom stereocenters. The molecule has 2 nitrogen and oxygen atoms in total. The summed E-state index contributed by atoms with van der Waals surface area (Å²) in [6.45, 7) is 6.23. The Balaban J connectivity index is 2.10. The van der Waals surface area contributed by atoms with Crippen molar-refractivity contribution in [2.45, 2.75) is 25.2 Å². The van der Waals surface area contributed by atoms with Gasteiger partial charge in [-0.05, 0) is 36.5 Å². The fourth-order valence-corrected chi connectivity index (χ4v) is 2.49. The minimum Gasteiger partial charge on any atom is -0.338 e. The van der Waals surface area contributed by atoms with Gasteiger partial charge in [0, 0.05) is 23.5 Å². The topological polar surface area (TPSA) is 20.3 Å². The summed E-state index contributed by atoms with van der Waals surface area (Å²) in [4.78, 5) is 15.1. The highest BCUT2D eigenvalue weighted by Gasteiger charge is 2.26. The number of amides is 1. The SMILES string of the molecule is CC1CCN(C(=O)c2cccc(S)c2)CC1C. The lowest BCUT2D eigenvalue weighted by Gasteiger charge is -2.35. The zero-order valence-electron chi connectivity index (χ0n) is 10.4. The van der Waals surface area contributed by atoms with E-state index in [9.17, 15) is 4.79 Å². The molecule has 1 aromatic carbocycles. The van der Waals surface area contributed by atoms with Crippen LogP contribution in [0.25, 0.3) is 0 Å². The quantitative estimate of drug-likeness (QED) is 0.758. The van der Waals surface area contributed by atoms with E-state index in [0.29, 0.717) is 5.92 Å². The average molecular weight is 249 g/mol. The summed E-state index contributed by atoms with van der Waals surface area (Å²) in [6.07, 6.45) is 1.10. The summed E-state index contributed by atoms with van der Waals surface area (Å²) in [6, 6.07) is 7.48. The molecule has 1 saturated heterocycles. The highest BCUT2D eigenvalue weighted by Crippen LogP contribution is 2.24. The standard InChI is InChI=1S/C14H19NOS/c1-10-6-7-15(9-11(10)2)14(16)12-4-3-5-13(17)8-12/h3-5,8,10-11,17H,6-7,9H2,1-2H3. The number of thiol groups is 1. The van der Waals surface area contributed by atoms with Gasteiger partial charge in [0.15, 0.2) is 0 Å². The van der Waals surface area contributed by atoms with E-state index >= 15 is 0 Å². The molecule has 1 aliphatic rings. The Labute approximate surface area is 108 Å². The average Bonchev–Trinajstić information content (AvgIpc) is 2.32. The molecule has 0 saturated carbocycles. The summed E-state index contributed by atoms with van der Waals surface area (Å²) in [5.41, 5.74) is 0.749. The highest BCUT2D eigenvalue weighted by molar-refractivity contribution is 7.80. The molecule has 2 rings (SSSR count). The van der Waals surface area contributed by atoms with E-state index in [-0.39, 0.29) is 5.91 Å². The van der Waals surface area contributed by atoms with Crippen LogP contribution in [-0.4, -0.2) is 23.9 Å². The van der Waals surface area contributed by atoms with Gasteiger partial charge in [0.25, 0.3) is 5.91 Å². The van der Waals surface area contributed by atoms with Crippen molar-refractivity contribution in [1.29, 1.82) is 0 Å². The van der Waals surface area contributed by atoms with Gasteiger partial charge >= 0.3 is 0 Å². The number of carbonyl (C=O) groups is 1. The molecule has 0 N–H and O–H groups in total. The van der Waals surface area contributed by atoms with Gasteiger partial charge in [-0.1, -0.05) is 19.9 Å². The first-order valence-corrected chi connectivity index (χ1v) is 6.61. The number of likely N-dealkylation sites (tertiary alicyclic amines) is 1. The van der Waals surface area contributed by atoms with Crippen LogP contribution >= 0.6 is 12.6 Å². The monoisotopic (exact) mass is 249 g/mol.